The van der Waals surface area contributed by atoms with Crippen molar-refractivity contribution in [3.8, 4) is 0 Å². The zero-order valence-electron chi connectivity index (χ0n) is 9.55. The molecular formula is C11H18N4O. The second-order valence-corrected chi connectivity index (χ2v) is 4.17. The smallest absolute Gasteiger partial charge is 0.242 e. The predicted octanol–water partition coefficient (Wildman–Crippen LogP) is 1.05. The number of nitrogens with zero attached hydrogens (tertiary/aromatic N) is 1. The van der Waals surface area contributed by atoms with E-state index in [9.17, 15) is 4.79 Å². The molecule has 1 aromatic heterocycles. The third-order valence-corrected chi connectivity index (χ3v) is 2.78. The van der Waals surface area contributed by atoms with Crippen molar-refractivity contribution in [2.45, 2.75) is 38.6 Å². The highest BCUT2D eigenvalue weighted by atomic mass is 16.2. The lowest BCUT2D eigenvalue weighted by atomic mass is 10.2. The summed E-state index contributed by atoms with van der Waals surface area (Å²) in [6.45, 7) is 3.04. The summed E-state index contributed by atoms with van der Waals surface area (Å²) in [5.41, 5.74) is 1.07. The molecule has 0 unspecified atom stereocenters. The molecule has 0 saturated carbocycles. The molecule has 1 saturated heterocycles. The van der Waals surface area contributed by atoms with Crippen LogP contribution in [0.15, 0.2) is 6.07 Å². The van der Waals surface area contributed by atoms with Gasteiger partial charge in [-0.2, -0.15) is 5.10 Å². The van der Waals surface area contributed by atoms with Gasteiger partial charge in [0, 0.05) is 11.8 Å². The molecule has 0 bridgehead atoms. The summed E-state index contributed by atoms with van der Waals surface area (Å²) in [4.78, 5) is 11.8. The van der Waals surface area contributed by atoms with Gasteiger partial charge in [0.15, 0.2) is 5.82 Å². The summed E-state index contributed by atoms with van der Waals surface area (Å²) in [5.74, 6) is 0.647. The number of aryl methyl sites for hydroxylation is 1. The van der Waals surface area contributed by atoms with Gasteiger partial charge in [0.2, 0.25) is 5.91 Å². The highest BCUT2D eigenvalue weighted by Gasteiger charge is 2.22. The Morgan fingerprint density at radius 2 is 2.56 bits per heavy atom. The molecule has 1 amide bonds. The van der Waals surface area contributed by atoms with Crippen LogP contribution >= 0.6 is 0 Å². The molecular weight excluding hydrogens is 204 g/mol. The Labute approximate surface area is 95.0 Å². The largest absolute Gasteiger partial charge is 0.308 e. The van der Waals surface area contributed by atoms with Crippen molar-refractivity contribution >= 4 is 11.7 Å². The number of H-pyrrole nitrogens is 1. The molecule has 5 nitrogen and oxygen atoms in total. The van der Waals surface area contributed by atoms with Crippen molar-refractivity contribution in [1.82, 2.24) is 15.5 Å². The van der Waals surface area contributed by atoms with Crippen LogP contribution in [-0.2, 0) is 11.2 Å². The molecule has 1 aromatic rings. The lowest BCUT2D eigenvalue weighted by molar-refractivity contribution is -0.117. The third-order valence-electron chi connectivity index (χ3n) is 2.78. The second kappa shape index (κ2) is 5.12. The Morgan fingerprint density at radius 3 is 3.25 bits per heavy atom. The normalized spacial score (nSPS) is 19.9. The van der Waals surface area contributed by atoms with E-state index in [1.807, 2.05) is 6.07 Å². The van der Waals surface area contributed by atoms with Crippen molar-refractivity contribution in [3.05, 3.63) is 11.8 Å². The number of rotatable bonds is 4. The number of amides is 1. The van der Waals surface area contributed by atoms with Gasteiger partial charge in [0.25, 0.3) is 0 Å². The summed E-state index contributed by atoms with van der Waals surface area (Å²) in [7, 11) is 0. The molecule has 0 aromatic carbocycles. The Morgan fingerprint density at radius 1 is 1.69 bits per heavy atom. The van der Waals surface area contributed by atoms with Crippen molar-refractivity contribution in [1.29, 1.82) is 0 Å². The fourth-order valence-electron chi connectivity index (χ4n) is 1.94. The quantitative estimate of drug-likeness (QED) is 0.713. The van der Waals surface area contributed by atoms with Crippen LogP contribution in [0.2, 0.25) is 0 Å². The van der Waals surface area contributed by atoms with Gasteiger partial charge >= 0.3 is 0 Å². The number of carbonyl (C=O) groups excluding carboxylic acids is 1. The van der Waals surface area contributed by atoms with Crippen molar-refractivity contribution < 1.29 is 4.79 Å². The van der Waals surface area contributed by atoms with Gasteiger partial charge in [0.1, 0.15) is 0 Å². The second-order valence-electron chi connectivity index (χ2n) is 4.17. The number of carbonyl (C=O) groups is 1. The van der Waals surface area contributed by atoms with E-state index in [2.05, 4.69) is 27.8 Å². The Balaban J connectivity index is 1.89. The van der Waals surface area contributed by atoms with Gasteiger partial charge in [-0.05, 0) is 25.8 Å². The third kappa shape index (κ3) is 2.61. The Bertz CT molecular complexity index is 355. The number of aromatic amines is 1. The first-order valence-electron chi connectivity index (χ1n) is 5.88. The first kappa shape index (κ1) is 11.1. The molecule has 1 atom stereocenters. The molecule has 0 radical (unpaired) electrons. The molecule has 2 rings (SSSR count). The lowest BCUT2D eigenvalue weighted by Crippen LogP contribution is -2.35. The van der Waals surface area contributed by atoms with Crippen LogP contribution < -0.4 is 10.6 Å². The first-order valence-corrected chi connectivity index (χ1v) is 5.88. The molecule has 1 fully saturated rings. The average molecular weight is 222 g/mol. The summed E-state index contributed by atoms with van der Waals surface area (Å²) in [6, 6.07) is 1.85. The molecule has 0 aliphatic carbocycles. The average Bonchev–Trinajstić information content (AvgIpc) is 2.89. The van der Waals surface area contributed by atoms with E-state index in [-0.39, 0.29) is 11.9 Å². The van der Waals surface area contributed by atoms with Crippen molar-refractivity contribution in [3.63, 3.8) is 0 Å². The zero-order chi connectivity index (χ0) is 11.4. The standard InChI is InChI=1S/C11H18N4O/c1-2-4-8-7-10(15-14-8)13-11(16)9-5-3-6-12-9/h7,9,12H,2-6H2,1H3,(H2,13,14,15,16)/t9-/m1/s1. The van der Waals surface area contributed by atoms with Crippen LogP contribution in [0.3, 0.4) is 0 Å². The fraction of sp³-hybridized carbons (Fsp3) is 0.636. The van der Waals surface area contributed by atoms with E-state index in [1.54, 1.807) is 0 Å². The van der Waals surface area contributed by atoms with Crippen molar-refractivity contribution in [2.24, 2.45) is 0 Å². The van der Waals surface area contributed by atoms with E-state index in [4.69, 9.17) is 0 Å². The summed E-state index contributed by atoms with van der Waals surface area (Å²) in [6.07, 6.45) is 4.02. The van der Waals surface area contributed by atoms with Crippen LogP contribution in [0.5, 0.6) is 0 Å². The van der Waals surface area contributed by atoms with E-state index >= 15 is 0 Å². The van der Waals surface area contributed by atoms with E-state index < -0.39 is 0 Å². The maximum absolute atomic E-state index is 11.8. The summed E-state index contributed by atoms with van der Waals surface area (Å²) in [5, 5.41) is 13.0. The maximum atomic E-state index is 11.8. The fourth-order valence-corrected chi connectivity index (χ4v) is 1.94. The molecule has 2 heterocycles. The topological polar surface area (TPSA) is 69.8 Å². The SMILES string of the molecule is CCCc1cc(NC(=O)[C@H]2CCCN2)n[nH]1. The van der Waals surface area contributed by atoms with Gasteiger partial charge in [-0.1, -0.05) is 13.3 Å². The zero-order valence-corrected chi connectivity index (χ0v) is 9.55. The van der Waals surface area contributed by atoms with Crippen LogP contribution in [0.1, 0.15) is 31.9 Å². The molecule has 1 aliphatic heterocycles. The minimum Gasteiger partial charge on any atom is -0.308 e. The maximum Gasteiger partial charge on any atom is 0.242 e. The lowest BCUT2D eigenvalue weighted by Gasteiger charge is -2.08. The molecule has 1 aliphatic rings. The first-order chi connectivity index (χ1) is 7.79. The molecule has 88 valence electrons. The number of nitrogens with one attached hydrogen (secondary N) is 3. The molecule has 3 N–H and O–H groups in total. The predicted molar refractivity (Wildman–Crippen MR) is 62.2 cm³/mol. The van der Waals surface area contributed by atoms with Gasteiger partial charge in [-0.25, -0.2) is 0 Å². The van der Waals surface area contributed by atoms with E-state index in [0.717, 1.165) is 37.9 Å². The highest BCUT2D eigenvalue weighted by Crippen LogP contribution is 2.10. The summed E-state index contributed by atoms with van der Waals surface area (Å²) >= 11 is 0. The minimum atomic E-state index is -0.0497. The summed E-state index contributed by atoms with van der Waals surface area (Å²) < 4.78 is 0. The Hall–Kier alpha value is -1.36. The van der Waals surface area contributed by atoms with E-state index in [0.29, 0.717) is 5.82 Å². The van der Waals surface area contributed by atoms with Gasteiger partial charge in [-0.15, -0.1) is 0 Å². The highest BCUT2D eigenvalue weighted by molar-refractivity contribution is 5.94. The van der Waals surface area contributed by atoms with Crippen molar-refractivity contribution in [2.75, 3.05) is 11.9 Å². The van der Waals surface area contributed by atoms with Gasteiger partial charge in [0.05, 0.1) is 6.04 Å². The number of aromatic nitrogens is 2. The number of anilines is 1. The van der Waals surface area contributed by atoms with Crippen LogP contribution in [0, 0.1) is 0 Å². The molecule has 16 heavy (non-hydrogen) atoms. The number of hydrogen-bond acceptors (Lipinski definition) is 3. The molecule has 0 spiro atoms. The molecule has 5 heteroatoms. The Kier molecular flexibility index (Phi) is 3.56. The van der Waals surface area contributed by atoms with Crippen LogP contribution in [-0.4, -0.2) is 28.7 Å². The monoisotopic (exact) mass is 222 g/mol. The van der Waals surface area contributed by atoms with Crippen LogP contribution in [0.4, 0.5) is 5.82 Å². The van der Waals surface area contributed by atoms with Gasteiger partial charge < -0.3 is 10.6 Å². The minimum absolute atomic E-state index is 0.0204. The van der Waals surface area contributed by atoms with Gasteiger partial charge in [-0.3, -0.25) is 9.89 Å². The van der Waals surface area contributed by atoms with E-state index in [1.165, 1.54) is 0 Å². The number of hydrogen-bond donors (Lipinski definition) is 3. The van der Waals surface area contributed by atoms with Crippen LogP contribution in [0.25, 0.3) is 0 Å².